The van der Waals surface area contributed by atoms with Gasteiger partial charge in [-0.2, -0.15) is 0 Å². The van der Waals surface area contributed by atoms with Crippen LogP contribution in [-0.2, 0) is 9.31 Å². The zero-order chi connectivity index (χ0) is 12.8. The molecule has 1 saturated heterocycles. The lowest BCUT2D eigenvalue weighted by Crippen LogP contribution is -2.41. The zero-order valence-corrected chi connectivity index (χ0v) is 11.6. The van der Waals surface area contributed by atoms with Gasteiger partial charge in [0.25, 0.3) is 0 Å². The van der Waals surface area contributed by atoms with Gasteiger partial charge < -0.3 is 9.31 Å². The van der Waals surface area contributed by atoms with Gasteiger partial charge in [0, 0.05) is 13.1 Å². The smallest absolute Gasteiger partial charge is 0.399 e. The van der Waals surface area contributed by atoms with Gasteiger partial charge in [-0.3, -0.25) is 4.79 Å². The number of ketones is 1. The average Bonchev–Trinajstić information content (AvgIpc) is 2.70. The maximum Gasteiger partial charge on any atom is 0.507 e. The van der Waals surface area contributed by atoms with Gasteiger partial charge in [0.2, 0.25) is 0 Å². The lowest BCUT2D eigenvalue weighted by atomic mass is 9.89. The summed E-state index contributed by atoms with van der Waals surface area (Å²) in [7, 11) is -0.425. The van der Waals surface area contributed by atoms with Crippen LogP contribution in [0.4, 0.5) is 0 Å². The molecule has 0 amide bonds. The van der Waals surface area contributed by atoms with E-state index in [1.165, 1.54) is 18.3 Å². The van der Waals surface area contributed by atoms with Crippen molar-refractivity contribution in [3.63, 3.8) is 0 Å². The highest BCUT2D eigenvalue weighted by molar-refractivity contribution is 7.23. The molecule has 2 rings (SSSR count). The number of aromatic nitrogens is 1. The van der Waals surface area contributed by atoms with Crippen molar-refractivity contribution in [2.75, 3.05) is 0 Å². The van der Waals surface area contributed by atoms with Crippen molar-refractivity contribution in [3.8, 4) is 0 Å². The molecule has 0 bridgehead atoms. The fourth-order valence-electron chi connectivity index (χ4n) is 1.52. The first kappa shape index (κ1) is 12.7. The molecule has 92 valence electrons. The van der Waals surface area contributed by atoms with Gasteiger partial charge in [-0.1, -0.05) is 0 Å². The summed E-state index contributed by atoms with van der Waals surface area (Å²) in [6.45, 7) is 9.51. The van der Waals surface area contributed by atoms with Crippen molar-refractivity contribution in [2.45, 2.75) is 45.8 Å². The molecule has 0 aliphatic carbocycles. The monoisotopic (exact) mass is 253 g/mol. The molecular weight excluding hydrogens is 237 g/mol. The Labute approximate surface area is 105 Å². The topological polar surface area (TPSA) is 48.4 Å². The Morgan fingerprint density at radius 3 is 2.24 bits per heavy atom. The van der Waals surface area contributed by atoms with Gasteiger partial charge in [0.05, 0.1) is 16.0 Å². The first-order valence-corrected chi connectivity index (χ1v) is 6.37. The van der Waals surface area contributed by atoms with E-state index in [-0.39, 0.29) is 17.0 Å². The molecule has 1 aliphatic heterocycles. The fraction of sp³-hybridized carbons (Fsp3) is 0.636. The van der Waals surface area contributed by atoms with Gasteiger partial charge in [-0.15, -0.1) is 11.3 Å². The number of nitrogens with zero attached hydrogens (tertiary/aromatic N) is 1. The fourth-order valence-corrected chi connectivity index (χ4v) is 2.29. The molecule has 0 unspecified atom stereocenters. The van der Waals surface area contributed by atoms with Gasteiger partial charge >= 0.3 is 7.12 Å². The van der Waals surface area contributed by atoms with Gasteiger partial charge in [0.1, 0.15) is 0 Å². The van der Waals surface area contributed by atoms with Crippen molar-refractivity contribution in [3.05, 3.63) is 11.2 Å². The number of hydrogen-bond donors (Lipinski definition) is 0. The zero-order valence-electron chi connectivity index (χ0n) is 10.7. The third-order valence-corrected chi connectivity index (χ3v) is 4.43. The molecule has 6 heteroatoms. The van der Waals surface area contributed by atoms with E-state index in [1.54, 1.807) is 6.20 Å². The highest BCUT2D eigenvalue weighted by Gasteiger charge is 2.52. The number of carbonyl (C=O) groups is 1. The summed E-state index contributed by atoms with van der Waals surface area (Å²) in [5.74, 6) is -0.0298. The van der Waals surface area contributed by atoms with Gasteiger partial charge in [0.15, 0.2) is 10.8 Å². The number of rotatable bonds is 2. The average molecular weight is 253 g/mol. The number of carbonyl (C=O) groups excluding carboxylic acids is 1. The number of thiazole rings is 1. The van der Waals surface area contributed by atoms with Crippen LogP contribution in [0.15, 0.2) is 6.20 Å². The first-order chi connectivity index (χ1) is 7.73. The number of Topliss-reactive ketones (excluding diaryl/α,β-unsaturated/α-hetero) is 1. The van der Waals surface area contributed by atoms with Gasteiger partial charge in [-0.05, 0) is 27.7 Å². The Hall–Kier alpha value is -0.715. The predicted molar refractivity (Wildman–Crippen MR) is 67.8 cm³/mol. The van der Waals surface area contributed by atoms with E-state index in [0.29, 0.717) is 5.01 Å². The van der Waals surface area contributed by atoms with E-state index >= 15 is 0 Å². The summed E-state index contributed by atoms with van der Waals surface area (Å²) in [6.07, 6.45) is 1.66. The van der Waals surface area contributed by atoms with E-state index in [9.17, 15) is 4.79 Å². The minimum Gasteiger partial charge on any atom is -0.399 e. The Morgan fingerprint density at radius 2 is 1.82 bits per heavy atom. The van der Waals surface area contributed by atoms with Crippen LogP contribution in [0.1, 0.15) is 44.4 Å². The Bertz CT molecular complexity index is 439. The summed E-state index contributed by atoms with van der Waals surface area (Å²) >= 11 is 1.33. The molecule has 0 N–H and O–H groups in total. The molecule has 17 heavy (non-hydrogen) atoms. The summed E-state index contributed by atoms with van der Waals surface area (Å²) in [6, 6.07) is 0. The van der Waals surface area contributed by atoms with E-state index < -0.39 is 7.12 Å². The molecule has 0 aromatic carbocycles. The molecular formula is C11H16BNO3S. The highest BCUT2D eigenvalue weighted by Crippen LogP contribution is 2.36. The van der Waals surface area contributed by atoms with Crippen LogP contribution in [0.5, 0.6) is 0 Å². The number of hydrogen-bond acceptors (Lipinski definition) is 5. The minimum atomic E-state index is -0.425. The molecule has 2 heterocycles. The summed E-state index contributed by atoms with van der Waals surface area (Å²) < 4.78 is 12.6. The van der Waals surface area contributed by atoms with E-state index in [1.807, 2.05) is 27.7 Å². The molecule has 1 fully saturated rings. The van der Waals surface area contributed by atoms with E-state index in [0.717, 1.165) is 4.78 Å². The molecule has 1 aliphatic rings. The van der Waals surface area contributed by atoms with Crippen LogP contribution in [0.25, 0.3) is 0 Å². The molecule has 4 nitrogen and oxygen atoms in total. The van der Waals surface area contributed by atoms with Crippen LogP contribution < -0.4 is 4.78 Å². The first-order valence-electron chi connectivity index (χ1n) is 5.55. The van der Waals surface area contributed by atoms with Crippen molar-refractivity contribution in [2.24, 2.45) is 0 Å². The summed E-state index contributed by atoms with van der Waals surface area (Å²) in [4.78, 5) is 15.3. The molecule has 0 saturated carbocycles. The minimum absolute atomic E-state index is 0.0298. The van der Waals surface area contributed by atoms with Crippen LogP contribution in [0.3, 0.4) is 0 Å². The lowest BCUT2D eigenvalue weighted by molar-refractivity contribution is 0.00578. The molecule has 1 aromatic heterocycles. The largest absolute Gasteiger partial charge is 0.507 e. The van der Waals surface area contributed by atoms with E-state index in [2.05, 4.69) is 4.98 Å². The van der Waals surface area contributed by atoms with Crippen molar-refractivity contribution in [1.29, 1.82) is 0 Å². The third-order valence-electron chi connectivity index (χ3n) is 3.31. The highest BCUT2D eigenvalue weighted by atomic mass is 32.1. The second kappa shape index (κ2) is 3.90. The van der Waals surface area contributed by atoms with Crippen LogP contribution in [0, 0.1) is 0 Å². The van der Waals surface area contributed by atoms with Crippen LogP contribution >= 0.6 is 11.3 Å². The molecule has 0 spiro atoms. The second-order valence-electron chi connectivity index (χ2n) is 5.21. The summed E-state index contributed by atoms with van der Waals surface area (Å²) in [5.41, 5.74) is -0.726. The van der Waals surface area contributed by atoms with Crippen LogP contribution in [-0.4, -0.2) is 29.1 Å². The van der Waals surface area contributed by atoms with E-state index in [4.69, 9.17) is 9.31 Å². The SMILES string of the molecule is CC(=O)c1ncc(B2OC(C)(C)C(C)(C)O2)s1. The third kappa shape index (κ3) is 2.17. The van der Waals surface area contributed by atoms with Crippen molar-refractivity contribution < 1.29 is 14.1 Å². The van der Waals surface area contributed by atoms with Crippen LogP contribution in [0.2, 0.25) is 0 Å². The Balaban J connectivity index is 2.23. The molecule has 0 radical (unpaired) electrons. The standard InChI is InChI=1S/C11H16BNO3S/c1-7(14)9-13-6-8(17-9)12-15-10(2,3)11(4,5)16-12/h6H,1-5H3. The predicted octanol–water partition coefficient (Wildman–Crippen LogP) is 1.64. The maximum absolute atomic E-state index is 11.2. The lowest BCUT2D eigenvalue weighted by Gasteiger charge is -2.32. The maximum atomic E-state index is 11.2. The molecule has 1 aromatic rings. The van der Waals surface area contributed by atoms with Gasteiger partial charge in [-0.25, -0.2) is 4.98 Å². The summed E-state index contributed by atoms with van der Waals surface area (Å²) in [5, 5.41) is 0.495. The quantitative estimate of drug-likeness (QED) is 0.594. The Kier molecular flexibility index (Phi) is 2.92. The normalized spacial score (nSPS) is 21.8. The molecule has 0 atom stereocenters. The second-order valence-corrected chi connectivity index (χ2v) is 6.27. The van der Waals surface area contributed by atoms with Crippen molar-refractivity contribution in [1.82, 2.24) is 4.98 Å². The van der Waals surface area contributed by atoms with Crippen molar-refractivity contribution >= 4 is 29.0 Å². The Morgan fingerprint density at radius 1 is 1.29 bits per heavy atom.